The van der Waals surface area contributed by atoms with Crippen LogP contribution in [0.1, 0.15) is 0 Å². The lowest BCUT2D eigenvalue weighted by atomic mass is 10.8. The average molecular weight is 57.0 g/mol. The normalized spacial score (nSPS) is 5.00. The first-order chi connectivity index (χ1) is 1.91. The van der Waals surface area contributed by atoms with Gasteiger partial charge >= 0.3 is 0 Å². The van der Waals surface area contributed by atoms with Crippen LogP contribution in [0, 0.1) is 12.3 Å². The first kappa shape index (κ1) is 3.49. The Labute approximate surface area is 24.6 Å². The van der Waals surface area contributed by atoms with E-state index < -0.39 is 6.67 Å². The molecule has 0 rings (SSSR count). The van der Waals surface area contributed by atoms with Crippen molar-refractivity contribution in [1.29, 1.82) is 0 Å². The maximum Gasteiger partial charge on any atom is 0.151 e. The van der Waals surface area contributed by atoms with E-state index in [2.05, 4.69) is 0 Å². The van der Waals surface area contributed by atoms with Gasteiger partial charge < -0.3 is 0 Å². The molecule has 0 aliphatic rings. The summed E-state index contributed by atoms with van der Waals surface area (Å²) in [5.41, 5.74) is 0. The number of hydrogen-bond donors (Lipinski definition) is 0. The van der Waals surface area contributed by atoms with Crippen LogP contribution in [-0.2, 0) is 0 Å². The monoisotopic (exact) mass is 57.0 g/mol. The molecule has 0 N–H and O–H groups in total. The summed E-state index contributed by atoms with van der Waals surface area (Å²) in [6.45, 7) is -0.764. The van der Waals surface area contributed by atoms with E-state index in [-0.39, 0.29) is 0 Å². The minimum Gasteiger partial charge on any atom is -0.237 e. The molecule has 0 amide bonds. The summed E-state index contributed by atoms with van der Waals surface area (Å²) in [6, 6.07) is 0. The summed E-state index contributed by atoms with van der Waals surface area (Å²) in [5, 5.41) is 0. The smallest absolute Gasteiger partial charge is 0.151 e. The quantitative estimate of drug-likeness (QED) is 0.356. The van der Waals surface area contributed by atoms with Gasteiger partial charge in [0.25, 0.3) is 0 Å². The van der Waals surface area contributed by atoms with Crippen LogP contribution in [0.25, 0.3) is 0 Å². The molecule has 0 heterocycles. The number of rotatable bonds is 0. The molecule has 21 valence electrons. The maximum absolute atomic E-state index is 10.4. The minimum atomic E-state index is -0.764. The Hall–Kier alpha value is -0.510. The van der Waals surface area contributed by atoms with E-state index in [0.717, 1.165) is 0 Å². The van der Waals surface area contributed by atoms with Gasteiger partial charge in [0, 0.05) is 0 Å². The Bertz CT molecular complexity index is 33.0. The van der Waals surface area contributed by atoms with Gasteiger partial charge in [-0.25, -0.2) is 4.39 Å². The van der Waals surface area contributed by atoms with Gasteiger partial charge in [-0.15, -0.1) is 0 Å². The molecule has 0 saturated heterocycles. The van der Waals surface area contributed by atoms with E-state index in [9.17, 15) is 4.39 Å². The fourth-order valence-electron chi connectivity index (χ4n) is 0. The topological polar surface area (TPSA) is 0 Å². The second kappa shape index (κ2) is 2.49. The molecule has 0 unspecified atom stereocenters. The third-order valence-electron chi connectivity index (χ3n) is 0.0668. The molecule has 0 bridgehead atoms. The molecule has 0 aromatic carbocycles. The molecule has 0 atom stereocenters. The largest absolute Gasteiger partial charge is 0.237 e. The molecular weight excluding hydrogens is 55.0 g/mol. The van der Waals surface area contributed by atoms with Crippen LogP contribution >= 0.6 is 0 Å². The molecule has 0 aromatic rings. The van der Waals surface area contributed by atoms with Crippen molar-refractivity contribution in [1.82, 2.24) is 0 Å². The number of alkyl halides is 1. The second-order valence-electron chi connectivity index (χ2n) is 0.310. The molecule has 0 saturated carbocycles. The third-order valence-corrected chi connectivity index (χ3v) is 0.0668. The molecule has 1 radical (unpaired) electrons. The van der Waals surface area contributed by atoms with E-state index in [1.165, 1.54) is 5.92 Å². The number of hydrogen-bond acceptors (Lipinski definition) is 0. The van der Waals surface area contributed by atoms with Crippen LogP contribution in [-0.4, -0.2) is 6.67 Å². The molecular formula is C3H2F. The fourth-order valence-corrected chi connectivity index (χ4v) is 0. The molecule has 4 heavy (non-hydrogen) atoms. The summed E-state index contributed by atoms with van der Waals surface area (Å²) in [7, 11) is 0. The van der Waals surface area contributed by atoms with Crippen molar-refractivity contribution >= 4 is 0 Å². The van der Waals surface area contributed by atoms with Crippen LogP contribution in [0.15, 0.2) is 0 Å². The maximum atomic E-state index is 10.4. The minimum absolute atomic E-state index is 0.764. The van der Waals surface area contributed by atoms with E-state index in [1.54, 1.807) is 0 Å². The van der Waals surface area contributed by atoms with Gasteiger partial charge in [-0.2, -0.15) is 0 Å². The highest BCUT2D eigenvalue weighted by atomic mass is 19.1. The van der Waals surface area contributed by atoms with E-state index >= 15 is 0 Å². The second-order valence-corrected chi connectivity index (χ2v) is 0.310. The Kier molecular flexibility index (Phi) is 2.17. The molecule has 0 aliphatic heterocycles. The van der Waals surface area contributed by atoms with Gasteiger partial charge in [0.05, 0.1) is 0 Å². The summed E-state index contributed by atoms with van der Waals surface area (Å²) in [6.07, 6.45) is 5.83. The van der Waals surface area contributed by atoms with Crippen LogP contribution in [0.4, 0.5) is 4.39 Å². The lowest BCUT2D eigenvalue weighted by Crippen LogP contribution is -1.50. The summed E-state index contributed by atoms with van der Waals surface area (Å²) in [4.78, 5) is 0. The van der Waals surface area contributed by atoms with Crippen LogP contribution in [0.5, 0.6) is 0 Å². The molecule has 1 heteroatoms. The predicted molar refractivity (Wildman–Crippen MR) is 13.1 cm³/mol. The van der Waals surface area contributed by atoms with E-state index in [0.29, 0.717) is 0 Å². The Morgan fingerprint density at radius 3 is 2.25 bits per heavy atom. The zero-order chi connectivity index (χ0) is 3.41. The first-order valence-corrected chi connectivity index (χ1v) is 0.871. The van der Waals surface area contributed by atoms with Crippen LogP contribution in [0.2, 0.25) is 0 Å². The summed E-state index contributed by atoms with van der Waals surface area (Å²) in [5.74, 6) is 1.51. The van der Waals surface area contributed by atoms with Gasteiger partial charge in [-0.1, -0.05) is 5.92 Å². The van der Waals surface area contributed by atoms with Gasteiger partial charge in [0.1, 0.15) is 0 Å². The molecule has 0 fully saturated rings. The van der Waals surface area contributed by atoms with Crippen molar-refractivity contribution in [2.75, 3.05) is 6.67 Å². The molecule has 0 spiro atoms. The van der Waals surface area contributed by atoms with Crippen molar-refractivity contribution in [2.45, 2.75) is 0 Å². The zero-order valence-electron chi connectivity index (χ0n) is 2.09. The van der Waals surface area contributed by atoms with Crippen molar-refractivity contribution in [3.05, 3.63) is 6.42 Å². The van der Waals surface area contributed by atoms with Crippen LogP contribution < -0.4 is 0 Å². The van der Waals surface area contributed by atoms with Crippen molar-refractivity contribution in [3.63, 3.8) is 0 Å². The average Bonchev–Trinajstić information content (AvgIpc) is 1.37. The Morgan fingerprint density at radius 2 is 2.25 bits per heavy atom. The highest BCUT2D eigenvalue weighted by Gasteiger charge is 1.49. The molecule has 0 aromatic heterocycles. The van der Waals surface area contributed by atoms with Crippen molar-refractivity contribution in [3.8, 4) is 5.92 Å². The standard InChI is InChI=1S/C3H2F/c1-2-3-4/h3H2. The van der Waals surface area contributed by atoms with Crippen molar-refractivity contribution in [2.24, 2.45) is 0 Å². The lowest BCUT2D eigenvalue weighted by Gasteiger charge is -1.48. The van der Waals surface area contributed by atoms with Crippen LogP contribution in [0.3, 0.4) is 0 Å². The summed E-state index contributed by atoms with van der Waals surface area (Å²) >= 11 is 0. The highest BCUT2D eigenvalue weighted by molar-refractivity contribution is 4.71. The predicted octanol–water partition coefficient (Wildman–Crippen LogP) is 0.546. The SMILES string of the molecule is [C]#CCF. The molecule has 0 aliphatic carbocycles. The van der Waals surface area contributed by atoms with Gasteiger partial charge in [-0.3, -0.25) is 0 Å². The summed E-state index contributed by atoms with van der Waals surface area (Å²) < 4.78 is 10.4. The van der Waals surface area contributed by atoms with Gasteiger partial charge in [-0.05, 0) is 6.42 Å². The van der Waals surface area contributed by atoms with Gasteiger partial charge in [0.15, 0.2) is 6.67 Å². The van der Waals surface area contributed by atoms with Gasteiger partial charge in [0.2, 0.25) is 0 Å². The molecule has 0 nitrogen and oxygen atoms in total. The zero-order valence-corrected chi connectivity index (χ0v) is 2.09. The third kappa shape index (κ3) is 1.49. The number of halogens is 1. The lowest BCUT2D eigenvalue weighted by molar-refractivity contribution is 0.573. The fraction of sp³-hybridized carbons (Fsp3) is 0.333. The van der Waals surface area contributed by atoms with Crippen molar-refractivity contribution < 1.29 is 4.39 Å². The Balaban J connectivity index is 2.43. The highest BCUT2D eigenvalue weighted by Crippen LogP contribution is 1.51. The first-order valence-electron chi connectivity index (χ1n) is 0.871. The Morgan fingerprint density at radius 1 is 2.00 bits per heavy atom. The van der Waals surface area contributed by atoms with E-state index in [1.807, 2.05) is 0 Å². The van der Waals surface area contributed by atoms with E-state index in [4.69, 9.17) is 6.42 Å².